The highest BCUT2D eigenvalue weighted by molar-refractivity contribution is 8.00. The first kappa shape index (κ1) is 35.6. The number of carbonyl (C=O) groups is 3. The topological polar surface area (TPSA) is 100 Å². The van der Waals surface area contributed by atoms with E-state index in [4.69, 9.17) is 23.2 Å². The summed E-state index contributed by atoms with van der Waals surface area (Å²) in [5, 5.41) is 10.8. The molecule has 3 N–H and O–H groups in total. The molecule has 0 fully saturated rings. The van der Waals surface area contributed by atoms with E-state index < -0.39 is 17.1 Å². The maximum Gasteiger partial charge on any atom is 0.272 e. The third-order valence-corrected chi connectivity index (χ3v) is 9.96. The molecule has 12 heteroatoms. The van der Waals surface area contributed by atoms with Crippen molar-refractivity contribution in [3.05, 3.63) is 171 Å². The van der Waals surface area contributed by atoms with Gasteiger partial charge in [-0.3, -0.25) is 14.4 Å². The Morgan fingerprint density at radius 3 is 2.18 bits per heavy atom. The van der Waals surface area contributed by atoms with E-state index in [1.165, 1.54) is 41.3 Å². The van der Waals surface area contributed by atoms with Crippen molar-refractivity contribution >= 4 is 80.9 Å². The zero-order chi connectivity index (χ0) is 35.7. The number of hydrogen-bond acceptors (Lipinski definition) is 6. The Morgan fingerprint density at radius 1 is 0.804 bits per heavy atom. The van der Waals surface area contributed by atoms with E-state index in [2.05, 4.69) is 20.9 Å². The molecule has 7 nitrogen and oxygen atoms in total. The Labute approximate surface area is 311 Å². The summed E-state index contributed by atoms with van der Waals surface area (Å²) in [6.07, 6.45) is 1.48. The minimum Gasteiger partial charge on any atom is -0.321 e. The SMILES string of the molecule is O=C(Nc1ccc(SC(C(=O)Nc2nc(-c3ccc(F)cc3)cs2)c2ccccc2)cc1)/C(=C/c1ccc(Cl)cc1Cl)NC(=O)c1ccccc1. The van der Waals surface area contributed by atoms with Crippen molar-refractivity contribution in [1.82, 2.24) is 10.3 Å². The number of nitrogens with zero attached hydrogens (tertiary/aromatic N) is 1. The van der Waals surface area contributed by atoms with E-state index in [1.54, 1.807) is 90.3 Å². The zero-order valence-corrected chi connectivity index (χ0v) is 29.6. The van der Waals surface area contributed by atoms with Crippen LogP contribution in [-0.2, 0) is 9.59 Å². The summed E-state index contributed by atoms with van der Waals surface area (Å²) in [7, 11) is 0. The summed E-state index contributed by atoms with van der Waals surface area (Å²) in [5.74, 6) is -1.65. The Balaban J connectivity index is 1.18. The molecule has 1 aromatic heterocycles. The van der Waals surface area contributed by atoms with Crippen LogP contribution in [0.2, 0.25) is 10.0 Å². The number of benzene rings is 5. The number of nitrogens with one attached hydrogen (secondary N) is 3. The van der Waals surface area contributed by atoms with Gasteiger partial charge in [0.25, 0.3) is 11.8 Å². The lowest BCUT2D eigenvalue weighted by atomic mass is 10.1. The third-order valence-electron chi connectivity index (χ3n) is 7.37. The molecule has 5 aromatic carbocycles. The van der Waals surface area contributed by atoms with Gasteiger partial charge in [-0.25, -0.2) is 9.37 Å². The van der Waals surface area contributed by atoms with Crippen LogP contribution in [0.4, 0.5) is 15.2 Å². The molecule has 0 saturated carbocycles. The normalized spacial score (nSPS) is 11.8. The minimum absolute atomic E-state index is 0.0305. The molecule has 6 rings (SSSR count). The number of thiazole rings is 1. The van der Waals surface area contributed by atoms with Crippen LogP contribution in [0, 0.1) is 5.82 Å². The lowest BCUT2D eigenvalue weighted by Crippen LogP contribution is -2.30. The summed E-state index contributed by atoms with van der Waals surface area (Å²) in [5.41, 5.74) is 3.45. The van der Waals surface area contributed by atoms with E-state index in [-0.39, 0.29) is 17.4 Å². The molecule has 0 aliphatic carbocycles. The average molecular weight is 754 g/mol. The first-order valence-corrected chi connectivity index (χ1v) is 17.9. The molecule has 254 valence electrons. The number of thioether (sulfide) groups is 1. The van der Waals surface area contributed by atoms with Crippen molar-refractivity contribution in [3.63, 3.8) is 0 Å². The highest BCUT2D eigenvalue weighted by Gasteiger charge is 2.24. The molecular formula is C39H27Cl2FN4O3S2. The Morgan fingerprint density at radius 2 is 1.49 bits per heavy atom. The second-order valence-corrected chi connectivity index (χ2v) is 13.8. The Bertz CT molecular complexity index is 2200. The highest BCUT2D eigenvalue weighted by Crippen LogP contribution is 2.37. The lowest BCUT2D eigenvalue weighted by Gasteiger charge is -2.17. The van der Waals surface area contributed by atoms with Gasteiger partial charge in [0.05, 0.1) is 5.69 Å². The molecule has 1 heterocycles. The largest absolute Gasteiger partial charge is 0.321 e. The number of anilines is 2. The molecule has 0 bridgehead atoms. The summed E-state index contributed by atoms with van der Waals surface area (Å²) in [4.78, 5) is 45.5. The first-order chi connectivity index (χ1) is 24.7. The van der Waals surface area contributed by atoms with Crippen molar-refractivity contribution in [2.75, 3.05) is 10.6 Å². The van der Waals surface area contributed by atoms with Gasteiger partial charge in [0.1, 0.15) is 16.8 Å². The number of hydrogen-bond donors (Lipinski definition) is 3. The van der Waals surface area contributed by atoms with Gasteiger partial charge in [-0.2, -0.15) is 0 Å². The fourth-order valence-electron chi connectivity index (χ4n) is 4.82. The Kier molecular flexibility index (Phi) is 11.6. The molecule has 0 spiro atoms. The first-order valence-electron chi connectivity index (χ1n) is 15.4. The second kappa shape index (κ2) is 16.6. The van der Waals surface area contributed by atoms with Crippen molar-refractivity contribution in [1.29, 1.82) is 0 Å². The monoisotopic (exact) mass is 752 g/mol. The quantitative estimate of drug-likeness (QED) is 0.0904. The van der Waals surface area contributed by atoms with Gasteiger partial charge in [-0.05, 0) is 90.0 Å². The van der Waals surface area contributed by atoms with Crippen molar-refractivity contribution in [3.8, 4) is 11.3 Å². The van der Waals surface area contributed by atoms with Crippen molar-refractivity contribution in [2.45, 2.75) is 10.1 Å². The number of carbonyl (C=O) groups excluding carboxylic acids is 3. The standard InChI is InChI=1S/C39H27Cl2FN4O3S2/c40-28-14-11-27(32(41)22-28)21-33(44-36(47)26-9-5-2-6-10-26)37(48)43-30-17-19-31(20-18-30)51-35(25-7-3-1-4-8-25)38(49)46-39-45-34(23-50-39)24-12-15-29(42)16-13-24/h1-23,35H,(H,43,48)(H,44,47)(H,45,46,49)/b33-21-. The van der Waals surface area contributed by atoms with Crippen molar-refractivity contribution in [2.24, 2.45) is 0 Å². The highest BCUT2D eigenvalue weighted by atomic mass is 35.5. The van der Waals surface area contributed by atoms with E-state index in [0.29, 0.717) is 37.7 Å². The molecular weight excluding hydrogens is 726 g/mol. The predicted molar refractivity (Wildman–Crippen MR) is 205 cm³/mol. The van der Waals surface area contributed by atoms with Gasteiger partial charge in [0.2, 0.25) is 5.91 Å². The Hall–Kier alpha value is -5.26. The van der Waals surface area contributed by atoms with E-state index in [0.717, 1.165) is 16.0 Å². The molecule has 0 aliphatic heterocycles. The minimum atomic E-state index is -0.628. The number of aromatic nitrogens is 1. The maximum absolute atomic E-state index is 13.6. The summed E-state index contributed by atoms with van der Waals surface area (Å²) < 4.78 is 13.4. The van der Waals surface area contributed by atoms with Crippen LogP contribution in [0.15, 0.2) is 143 Å². The summed E-state index contributed by atoms with van der Waals surface area (Å²) in [6, 6.07) is 35.7. The molecule has 3 amide bonds. The molecule has 51 heavy (non-hydrogen) atoms. The van der Waals surface area contributed by atoms with Gasteiger partial charge in [0.15, 0.2) is 5.13 Å². The van der Waals surface area contributed by atoms with E-state index in [1.807, 2.05) is 30.3 Å². The molecule has 1 unspecified atom stereocenters. The average Bonchev–Trinajstić information content (AvgIpc) is 3.61. The van der Waals surface area contributed by atoms with Crippen LogP contribution in [-0.4, -0.2) is 22.7 Å². The maximum atomic E-state index is 13.6. The summed E-state index contributed by atoms with van der Waals surface area (Å²) in [6.45, 7) is 0. The number of rotatable bonds is 11. The zero-order valence-electron chi connectivity index (χ0n) is 26.5. The van der Waals surface area contributed by atoms with Gasteiger partial charge in [-0.1, -0.05) is 77.8 Å². The van der Waals surface area contributed by atoms with Crippen LogP contribution >= 0.6 is 46.3 Å². The lowest BCUT2D eigenvalue weighted by molar-refractivity contribution is -0.116. The van der Waals surface area contributed by atoms with Gasteiger partial charge >= 0.3 is 0 Å². The van der Waals surface area contributed by atoms with Crippen LogP contribution < -0.4 is 16.0 Å². The van der Waals surface area contributed by atoms with E-state index in [9.17, 15) is 18.8 Å². The van der Waals surface area contributed by atoms with Gasteiger partial charge in [-0.15, -0.1) is 23.1 Å². The van der Waals surface area contributed by atoms with Crippen LogP contribution in [0.25, 0.3) is 17.3 Å². The van der Waals surface area contributed by atoms with Crippen LogP contribution in [0.3, 0.4) is 0 Å². The van der Waals surface area contributed by atoms with Gasteiger partial charge in [0, 0.05) is 37.1 Å². The molecule has 6 aromatic rings. The van der Waals surface area contributed by atoms with Crippen LogP contribution in [0.5, 0.6) is 0 Å². The van der Waals surface area contributed by atoms with E-state index >= 15 is 0 Å². The molecule has 0 aliphatic rings. The van der Waals surface area contributed by atoms with Crippen LogP contribution in [0.1, 0.15) is 26.7 Å². The third kappa shape index (κ3) is 9.50. The second-order valence-electron chi connectivity index (χ2n) is 11.0. The molecule has 1 atom stereocenters. The molecule has 0 radical (unpaired) electrons. The number of halogens is 3. The summed E-state index contributed by atoms with van der Waals surface area (Å²) >= 11 is 15.0. The fraction of sp³-hybridized carbons (Fsp3) is 0.0256. The molecule has 0 saturated heterocycles. The predicted octanol–water partition coefficient (Wildman–Crippen LogP) is 10.1. The fourth-order valence-corrected chi connectivity index (χ4v) is 7.03. The van der Waals surface area contributed by atoms with Crippen molar-refractivity contribution < 1.29 is 18.8 Å². The van der Waals surface area contributed by atoms with Gasteiger partial charge < -0.3 is 16.0 Å². The number of amides is 3. The smallest absolute Gasteiger partial charge is 0.272 e.